The Morgan fingerprint density at radius 2 is 1.69 bits per heavy atom. The Morgan fingerprint density at radius 1 is 0.942 bits per heavy atom. The largest absolute Gasteiger partial charge is 0.487 e. The number of halogens is 2. The summed E-state index contributed by atoms with van der Waals surface area (Å²) in [5.74, 6) is 1.82. The standard InChI is InChI=1S/C30H28ClFN4O4S.C7H8O3S/c1-36(2)26(17-41(3,37)38)29-12-11-27(40-29)20-7-9-25-23(14-20)30(34-18-33-25)35-22-8-10-28(24(31)15-22)39-16-19-5-4-6-21(32)13-19;1-6-2-4-7(5-3-6)11(8,9)10/h4-15,18,26H,16-17H2,1-3H3,(H,33,34,35);2-5H,1H3,(H,8,9,10)/t26-;/m0./s1. The Hall–Kier alpha value is -4.86. The van der Waals surface area contributed by atoms with E-state index in [1.54, 1.807) is 42.5 Å². The zero-order valence-corrected chi connectivity index (χ0v) is 31.0. The molecule has 0 bridgehead atoms. The van der Waals surface area contributed by atoms with E-state index in [2.05, 4.69) is 15.3 Å². The van der Waals surface area contributed by atoms with Crippen molar-refractivity contribution >= 4 is 54.0 Å². The molecule has 0 saturated heterocycles. The number of furan rings is 1. The van der Waals surface area contributed by atoms with Gasteiger partial charge in [0.15, 0.2) is 0 Å². The van der Waals surface area contributed by atoms with Crippen molar-refractivity contribution in [3.63, 3.8) is 0 Å². The molecule has 2 N–H and O–H groups in total. The molecule has 0 spiro atoms. The molecule has 2 aromatic heterocycles. The van der Waals surface area contributed by atoms with Crippen molar-refractivity contribution in [1.29, 1.82) is 0 Å². The highest BCUT2D eigenvalue weighted by molar-refractivity contribution is 7.90. The first-order valence-corrected chi connectivity index (χ1v) is 19.6. The number of sulfone groups is 1. The number of anilines is 2. The van der Waals surface area contributed by atoms with E-state index in [0.717, 1.165) is 22.0 Å². The van der Waals surface area contributed by atoms with Crippen molar-refractivity contribution in [2.24, 2.45) is 0 Å². The first-order valence-electron chi connectivity index (χ1n) is 15.7. The Bertz CT molecular complexity index is 2410. The molecule has 11 nitrogen and oxygen atoms in total. The molecule has 0 aliphatic carbocycles. The lowest BCUT2D eigenvalue weighted by Crippen LogP contribution is -2.26. The van der Waals surface area contributed by atoms with E-state index in [4.69, 9.17) is 25.3 Å². The highest BCUT2D eigenvalue weighted by atomic mass is 35.5. The molecule has 4 aromatic carbocycles. The van der Waals surface area contributed by atoms with E-state index < -0.39 is 26.0 Å². The van der Waals surface area contributed by atoms with Crippen LogP contribution in [-0.4, -0.2) is 62.4 Å². The van der Waals surface area contributed by atoms with E-state index in [0.29, 0.717) is 39.4 Å². The third-order valence-corrected chi connectivity index (χ3v) is 9.84. The van der Waals surface area contributed by atoms with E-state index in [1.165, 1.54) is 36.8 Å². The number of aryl methyl sites for hydroxylation is 1. The second kappa shape index (κ2) is 16.2. The minimum atomic E-state index is -4.02. The minimum absolute atomic E-state index is 0.0518. The van der Waals surface area contributed by atoms with Crippen LogP contribution in [0.5, 0.6) is 5.75 Å². The molecule has 0 radical (unpaired) electrons. The molecule has 2 heterocycles. The molecular weight excluding hydrogens is 731 g/mol. The number of benzene rings is 4. The molecule has 1 atom stereocenters. The fourth-order valence-corrected chi connectivity index (χ4v) is 6.85. The number of aromatic nitrogens is 2. The molecule has 0 amide bonds. The smallest absolute Gasteiger partial charge is 0.294 e. The van der Waals surface area contributed by atoms with Gasteiger partial charge in [0.1, 0.15) is 51.7 Å². The Labute approximate surface area is 306 Å². The summed E-state index contributed by atoms with van der Waals surface area (Å²) in [6.45, 7) is 2.02. The van der Waals surface area contributed by atoms with Crippen LogP contribution < -0.4 is 10.1 Å². The topological polar surface area (TPSA) is 152 Å². The van der Waals surface area contributed by atoms with Crippen LogP contribution in [0.2, 0.25) is 5.02 Å². The normalized spacial score (nSPS) is 12.3. The van der Waals surface area contributed by atoms with Gasteiger partial charge in [-0.3, -0.25) is 9.45 Å². The molecule has 0 fully saturated rings. The Balaban J connectivity index is 0.000000407. The van der Waals surface area contributed by atoms with E-state index in [9.17, 15) is 21.2 Å². The molecule has 6 rings (SSSR count). The van der Waals surface area contributed by atoms with Gasteiger partial charge in [-0.1, -0.05) is 41.4 Å². The second-order valence-electron chi connectivity index (χ2n) is 12.2. The molecule has 272 valence electrons. The summed E-state index contributed by atoms with van der Waals surface area (Å²) >= 11 is 6.48. The second-order valence-corrected chi connectivity index (χ2v) is 16.2. The summed E-state index contributed by atoms with van der Waals surface area (Å²) in [6, 6.07) is 26.4. The lowest BCUT2D eigenvalue weighted by atomic mass is 10.1. The molecule has 15 heteroatoms. The van der Waals surface area contributed by atoms with Gasteiger partial charge in [-0.15, -0.1) is 0 Å². The maximum absolute atomic E-state index is 13.5. The maximum Gasteiger partial charge on any atom is 0.294 e. The molecule has 6 aromatic rings. The van der Waals surface area contributed by atoms with Crippen LogP contribution in [0.3, 0.4) is 0 Å². The van der Waals surface area contributed by atoms with E-state index >= 15 is 0 Å². The number of ether oxygens (including phenoxy) is 1. The van der Waals surface area contributed by atoms with Crippen molar-refractivity contribution in [3.05, 3.63) is 131 Å². The van der Waals surface area contributed by atoms with Gasteiger partial charge in [-0.05, 0) is 99.4 Å². The van der Waals surface area contributed by atoms with Crippen LogP contribution in [0.25, 0.3) is 22.2 Å². The first-order chi connectivity index (χ1) is 24.6. The van der Waals surface area contributed by atoms with Gasteiger partial charge in [0.25, 0.3) is 10.1 Å². The summed E-state index contributed by atoms with van der Waals surface area (Å²) in [6.07, 6.45) is 2.69. The number of hydrogen-bond donors (Lipinski definition) is 2. The molecule has 0 saturated carbocycles. The predicted octanol–water partition coefficient (Wildman–Crippen LogP) is 7.89. The maximum atomic E-state index is 13.5. The van der Waals surface area contributed by atoms with Gasteiger partial charge < -0.3 is 14.5 Å². The van der Waals surface area contributed by atoms with Crippen molar-refractivity contribution in [1.82, 2.24) is 14.9 Å². The summed E-state index contributed by atoms with van der Waals surface area (Å²) in [4.78, 5) is 10.6. The van der Waals surface area contributed by atoms with Crippen LogP contribution in [0, 0.1) is 12.7 Å². The number of rotatable bonds is 11. The first kappa shape index (κ1) is 38.4. The van der Waals surface area contributed by atoms with Crippen LogP contribution in [0.4, 0.5) is 15.9 Å². The van der Waals surface area contributed by atoms with Crippen LogP contribution in [-0.2, 0) is 26.6 Å². The van der Waals surface area contributed by atoms with Crippen molar-refractivity contribution in [2.45, 2.75) is 24.5 Å². The van der Waals surface area contributed by atoms with Gasteiger partial charge in [0.2, 0.25) is 0 Å². The van der Waals surface area contributed by atoms with Crippen molar-refractivity contribution in [3.8, 4) is 17.1 Å². The summed E-state index contributed by atoms with van der Waals surface area (Å²) < 4.78 is 78.8. The average molecular weight is 767 g/mol. The van der Waals surface area contributed by atoms with Gasteiger partial charge in [-0.25, -0.2) is 22.8 Å². The van der Waals surface area contributed by atoms with Crippen LogP contribution >= 0.6 is 11.6 Å². The minimum Gasteiger partial charge on any atom is -0.487 e. The lowest BCUT2D eigenvalue weighted by Gasteiger charge is -2.21. The van der Waals surface area contributed by atoms with Gasteiger partial charge in [0, 0.05) is 22.9 Å². The SMILES string of the molecule is CN(C)[C@@H](CS(C)(=O)=O)c1ccc(-c2ccc3ncnc(Nc4ccc(OCc5cccc(F)c5)c(Cl)c4)c3c2)o1.Cc1ccc(S(=O)(=O)O)cc1. The summed E-state index contributed by atoms with van der Waals surface area (Å²) in [7, 11) is -3.60. The van der Waals surface area contributed by atoms with Crippen molar-refractivity contribution < 1.29 is 34.9 Å². The Kier molecular flexibility index (Phi) is 12.0. The molecule has 0 aliphatic heterocycles. The summed E-state index contributed by atoms with van der Waals surface area (Å²) in [5, 5.41) is 4.44. The fourth-order valence-electron chi connectivity index (χ4n) is 5.10. The number of fused-ring (bicyclic) bond motifs is 1. The molecule has 52 heavy (non-hydrogen) atoms. The van der Waals surface area contributed by atoms with Gasteiger partial charge in [-0.2, -0.15) is 8.42 Å². The molecule has 0 aliphatic rings. The van der Waals surface area contributed by atoms with Crippen molar-refractivity contribution in [2.75, 3.05) is 31.4 Å². The van der Waals surface area contributed by atoms with Crippen LogP contribution in [0.15, 0.2) is 113 Å². The zero-order chi connectivity index (χ0) is 37.6. The Morgan fingerprint density at radius 3 is 2.35 bits per heavy atom. The van der Waals surface area contributed by atoms with Gasteiger partial charge >= 0.3 is 0 Å². The quantitative estimate of drug-likeness (QED) is 0.124. The van der Waals surface area contributed by atoms with E-state index in [1.807, 2.05) is 56.3 Å². The van der Waals surface area contributed by atoms with Crippen LogP contribution in [0.1, 0.15) is 22.9 Å². The third kappa shape index (κ3) is 10.4. The fraction of sp³-hybridized carbons (Fsp3) is 0.189. The highest BCUT2D eigenvalue weighted by Gasteiger charge is 2.23. The highest BCUT2D eigenvalue weighted by Crippen LogP contribution is 2.34. The summed E-state index contributed by atoms with van der Waals surface area (Å²) in [5.41, 5.74) is 3.86. The lowest BCUT2D eigenvalue weighted by molar-refractivity contribution is 0.281. The molecular formula is C37H36ClFN4O7S2. The zero-order valence-electron chi connectivity index (χ0n) is 28.6. The monoisotopic (exact) mass is 766 g/mol. The predicted molar refractivity (Wildman–Crippen MR) is 200 cm³/mol. The number of nitrogens with one attached hydrogen (secondary N) is 1. The molecule has 0 unspecified atom stereocenters. The number of hydrogen-bond acceptors (Lipinski definition) is 10. The van der Waals surface area contributed by atoms with Gasteiger partial charge in [0.05, 0.1) is 27.2 Å². The number of nitrogens with zero attached hydrogens (tertiary/aromatic N) is 3. The average Bonchev–Trinajstić information content (AvgIpc) is 3.57. The third-order valence-electron chi connectivity index (χ3n) is 7.76. The van der Waals surface area contributed by atoms with E-state index in [-0.39, 0.29) is 23.1 Å².